The maximum Gasteiger partial charge on any atom is 0.230 e. The molecule has 4 heterocycles. The fourth-order valence-corrected chi connectivity index (χ4v) is 5.65. The van der Waals surface area contributed by atoms with Gasteiger partial charge in [0, 0.05) is 26.2 Å². The third-order valence-electron chi connectivity index (χ3n) is 7.36. The van der Waals surface area contributed by atoms with E-state index in [-0.39, 0.29) is 17.9 Å². The van der Waals surface area contributed by atoms with Crippen molar-refractivity contribution in [3.05, 3.63) is 47.0 Å². The Bertz CT molecular complexity index is 913. The minimum Gasteiger partial charge on any atom is -0.360 e. The summed E-state index contributed by atoms with van der Waals surface area (Å²) in [5.41, 5.74) is 2.90. The van der Waals surface area contributed by atoms with Crippen LogP contribution in [0.5, 0.6) is 0 Å². The van der Waals surface area contributed by atoms with Crippen LogP contribution in [0.1, 0.15) is 23.1 Å². The van der Waals surface area contributed by atoms with Gasteiger partial charge in [-0.15, -0.1) is 0 Å². The van der Waals surface area contributed by atoms with Crippen LogP contribution in [-0.2, 0) is 20.9 Å². The van der Waals surface area contributed by atoms with Crippen molar-refractivity contribution in [2.45, 2.75) is 38.5 Å². The molecule has 0 unspecified atom stereocenters. The van der Waals surface area contributed by atoms with Crippen LogP contribution in [0.15, 0.2) is 30.4 Å². The van der Waals surface area contributed by atoms with Gasteiger partial charge in [0.25, 0.3) is 0 Å². The highest BCUT2D eigenvalue weighted by Crippen LogP contribution is 2.52. The van der Waals surface area contributed by atoms with Gasteiger partial charge in [0.05, 0.1) is 24.5 Å². The van der Waals surface area contributed by atoms with Gasteiger partial charge in [0.1, 0.15) is 5.60 Å². The Morgan fingerprint density at radius 2 is 2.03 bits per heavy atom. The van der Waals surface area contributed by atoms with E-state index < -0.39 is 17.4 Å². The molecule has 1 aromatic rings. The van der Waals surface area contributed by atoms with Crippen LogP contribution in [0, 0.1) is 25.7 Å². The van der Waals surface area contributed by atoms with Crippen molar-refractivity contribution in [3.8, 4) is 0 Å². The molecule has 3 fully saturated rings. The molecule has 5 rings (SSSR count). The second kappa shape index (κ2) is 7.20. The van der Waals surface area contributed by atoms with Crippen molar-refractivity contribution >= 4 is 11.8 Å². The monoisotopic (exact) mass is 409 g/mol. The first-order valence-corrected chi connectivity index (χ1v) is 11.1. The molecule has 0 N–H and O–H groups in total. The summed E-state index contributed by atoms with van der Waals surface area (Å²) in [4.78, 5) is 33.2. The SMILES string of the molecule is Cc1ccc(C)c(CN2C[C@]34C=C[C@H](O3)[C@@H](C(=O)N3CCCN(C)CC3)[C@H]4C2=O)c1. The lowest BCUT2D eigenvalue weighted by atomic mass is 9.76. The number of amides is 2. The smallest absolute Gasteiger partial charge is 0.230 e. The van der Waals surface area contributed by atoms with Gasteiger partial charge in [-0.05, 0) is 45.0 Å². The number of carbonyl (C=O) groups excluding carboxylic acids is 2. The van der Waals surface area contributed by atoms with Gasteiger partial charge in [0.15, 0.2) is 0 Å². The summed E-state index contributed by atoms with van der Waals surface area (Å²) in [5, 5.41) is 0. The van der Waals surface area contributed by atoms with Crippen molar-refractivity contribution in [2.24, 2.45) is 11.8 Å². The quantitative estimate of drug-likeness (QED) is 0.714. The zero-order valence-corrected chi connectivity index (χ0v) is 18.1. The molecule has 0 saturated carbocycles. The van der Waals surface area contributed by atoms with E-state index in [1.807, 2.05) is 22.0 Å². The van der Waals surface area contributed by atoms with Gasteiger partial charge < -0.3 is 19.4 Å². The van der Waals surface area contributed by atoms with Crippen molar-refractivity contribution in [2.75, 3.05) is 39.8 Å². The molecule has 6 heteroatoms. The predicted molar refractivity (Wildman–Crippen MR) is 114 cm³/mol. The molecule has 4 aliphatic rings. The third-order valence-corrected chi connectivity index (χ3v) is 7.36. The fourth-order valence-electron chi connectivity index (χ4n) is 5.65. The van der Waals surface area contributed by atoms with E-state index in [0.29, 0.717) is 13.1 Å². The number of likely N-dealkylation sites (N-methyl/N-ethyl adjacent to an activating group) is 1. The Morgan fingerprint density at radius 3 is 2.87 bits per heavy atom. The van der Waals surface area contributed by atoms with E-state index in [9.17, 15) is 9.59 Å². The first-order chi connectivity index (χ1) is 14.4. The zero-order chi connectivity index (χ0) is 21.0. The number of rotatable bonds is 3. The second-order valence-corrected chi connectivity index (χ2v) is 9.51. The summed E-state index contributed by atoms with van der Waals surface area (Å²) >= 11 is 0. The average molecular weight is 410 g/mol. The van der Waals surface area contributed by atoms with E-state index in [1.165, 1.54) is 11.1 Å². The first-order valence-electron chi connectivity index (χ1n) is 11.1. The number of aryl methyl sites for hydroxylation is 2. The molecular formula is C24H31N3O3. The van der Waals surface area contributed by atoms with E-state index in [1.54, 1.807) is 0 Å². The number of hydrogen-bond acceptors (Lipinski definition) is 4. The fraction of sp³-hybridized carbons (Fsp3) is 0.583. The Labute approximate surface area is 178 Å². The van der Waals surface area contributed by atoms with Crippen molar-refractivity contribution in [3.63, 3.8) is 0 Å². The Hall–Kier alpha value is -2.18. The predicted octanol–water partition coefficient (Wildman–Crippen LogP) is 1.75. The van der Waals surface area contributed by atoms with Gasteiger partial charge in [-0.25, -0.2) is 0 Å². The molecule has 4 atom stereocenters. The molecule has 4 aliphatic heterocycles. The van der Waals surface area contributed by atoms with Crippen molar-refractivity contribution in [1.82, 2.24) is 14.7 Å². The zero-order valence-electron chi connectivity index (χ0n) is 18.1. The van der Waals surface area contributed by atoms with Crippen LogP contribution >= 0.6 is 0 Å². The van der Waals surface area contributed by atoms with Crippen molar-refractivity contribution < 1.29 is 14.3 Å². The highest BCUT2D eigenvalue weighted by atomic mass is 16.5. The normalized spacial score (nSPS) is 33.3. The third kappa shape index (κ3) is 3.08. The van der Waals surface area contributed by atoms with E-state index in [4.69, 9.17) is 4.74 Å². The van der Waals surface area contributed by atoms with Crippen LogP contribution in [0.2, 0.25) is 0 Å². The molecule has 0 aromatic heterocycles. The molecule has 2 bridgehead atoms. The molecule has 3 saturated heterocycles. The molecule has 2 amide bonds. The number of fused-ring (bicyclic) bond motifs is 1. The minimum absolute atomic E-state index is 0.0630. The topological polar surface area (TPSA) is 53.1 Å². The highest BCUT2D eigenvalue weighted by molar-refractivity contribution is 5.93. The van der Waals surface area contributed by atoms with Crippen LogP contribution in [0.25, 0.3) is 0 Å². The summed E-state index contributed by atoms with van der Waals surface area (Å²) in [6.45, 7) is 8.62. The first kappa shape index (κ1) is 19.8. The van der Waals surface area contributed by atoms with Crippen LogP contribution in [-0.4, -0.2) is 78.0 Å². The molecule has 1 spiro atoms. The maximum atomic E-state index is 13.5. The van der Waals surface area contributed by atoms with Gasteiger partial charge in [-0.2, -0.15) is 0 Å². The average Bonchev–Trinajstić information content (AvgIpc) is 3.28. The Balaban J connectivity index is 1.38. The number of likely N-dealkylation sites (tertiary alicyclic amines) is 1. The van der Waals surface area contributed by atoms with Gasteiger partial charge in [-0.1, -0.05) is 35.9 Å². The maximum absolute atomic E-state index is 13.5. The molecule has 1 aromatic carbocycles. The number of carbonyl (C=O) groups is 2. The lowest BCUT2D eigenvalue weighted by Gasteiger charge is -2.29. The summed E-state index contributed by atoms with van der Waals surface area (Å²) < 4.78 is 6.32. The minimum atomic E-state index is -0.636. The largest absolute Gasteiger partial charge is 0.360 e. The van der Waals surface area contributed by atoms with E-state index >= 15 is 0 Å². The van der Waals surface area contributed by atoms with Gasteiger partial charge in [-0.3, -0.25) is 9.59 Å². The molecule has 0 aliphatic carbocycles. The van der Waals surface area contributed by atoms with E-state index in [0.717, 1.165) is 38.2 Å². The van der Waals surface area contributed by atoms with Crippen LogP contribution in [0.3, 0.4) is 0 Å². The molecule has 0 radical (unpaired) electrons. The summed E-state index contributed by atoms with van der Waals surface area (Å²) in [6.07, 6.45) is 4.76. The van der Waals surface area contributed by atoms with Gasteiger partial charge in [0.2, 0.25) is 11.8 Å². The molecule has 160 valence electrons. The van der Waals surface area contributed by atoms with Crippen molar-refractivity contribution in [1.29, 1.82) is 0 Å². The Kier molecular flexibility index (Phi) is 4.75. The lowest BCUT2D eigenvalue weighted by molar-refractivity contribution is -0.143. The molecule has 6 nitrogen and oxygen atoms in total. The van der Waals surface area contributed by atoms with E-state index in [2.05, 4.69) is 44.0 Å². The van der Waals surface area contributed by atoms with Crippen LogP contribution < -0.4 is 0 Å². The number of benzene rings is 1. The summed E-state index contributed by atoms with van der Waals surface area (Å²) in [5.74, 6) is -0.637. The summed E-state index contributed by atoms with van der Waals surface area (Å²) in [6, 6.07) is 6.35. The second-order valence-electron chi connectivity index (χ2n) is 9.51. The number of nitrogens with zero attached hydrogens (tertiary/aromatic N) is 3. The number of ether oxygens (including phenoxy) is 1. The standard InChI is InChI=1S/C24H31N3O3/c1-16-5-6-17(2)18(13-16)14-27-15-24-8-7-19(30-24)20(21(24)23(27)29)22(28)26-10-4-9-25(3)11-12-26/h5-8,13,19-21H,4,9-12,14-15H2,1-3H3/t19-,20+,21-,24-/m0/s1. The highest BCUT2D eigenvalue weighted by Gasteiger charge is 2.67. The van der Waals surface area contributed by atoms with Gasteiger partial charge >= 0.3 is 0 Å². The number of hydrogen-bond donors (Lipinski definition) is 0. The molecule has 30 heavy (non-hydrogen) atoms. The molecular weight excluding hydrogens is 378 g/mol. The lowest BCUT2D eigenvalue weighted by Crippen LogP contribution is -2.47. The Morgan fingerprint density at radius 1 is 1.20 bits per heavy atom. The summed E-state index contributed by atoms with van der Waals surface area (Å²) in [7, 11) is 2.10. The van der Waals surface area contributed by atoms with Crippen LogP contribution in [0.4, 0.5) is 0 Å².